The smallest absolute Gasteiger partial charge is 0.432 e. The summed E-state index contributed by atoms with van der Waals surface area (Å²) in [6, 6.07) is 12.3. The molecule has 0 saturated carbocycles. The lowest BCUT2D eigenvalue weighted by Gasteiger charge is -2.06. The molecule has 0 atom stereocenters. The maximum atomic E-state index is 12.8. The summed E-state index contributed by atoms with van der Waals surface area (Å²) < 4.78 is 44.1. The van der Waals surface area contributed by atoms with Gasteiger partial charge in [0.1, 0.15) is 17.1 Å². The maximum absolute atomic E-state index is 12.8. The fourth-order valence-electron chi connectivity index (χ4n) is 3.23. The molecule has 0 aliphatic rings. The van der Waals surface area contributed by atoms with Gasteiger partial charge in [-0.25, -0.2) is 0 Å². The third kappa shape index (κ3) is 7.25. The standard InChI is InChI=1S/C25H28F3N3O/c1-2-3-4-5-6-7-16-32-21-12-10-19(11-13-21)8-9-20-14-15-29-22(17-20)23-18-24(31-30-23)25(26,27)28/h8-15,17-18H,2-7,16H2,1H3,(H,30,31)/b9-8+. The molecule has 0 aliphatic heterocycles. The SMILES string of the molecule is CCCCCCCCOc1ccc(/C=C/c2ccnc(-c3cc(C(F)(F)F)[nH]n3)c2)cc1. The van der Waals surface area contributed by atoms with Gasteiger partial charge in [-0.05, 0) is 47.9 Å². The Morgan fingerprint density at radius 1 is 0.875 bits per heavy atom. The van der Waals surface area contributed by atoms with Crippen LogP contribution in [0.4, 0.5) is 13.2 Å². The first-order chi connectivity index (χ1) is 15.5. The second kappa shape index (κ2) is 11.5. The third-order valence-corrected chi connectivity index (χ3v) is 5.04. The number of pyridine rings is 1. The topological polar surface area (TPSA) is 50.8 Å². The lowest BCUT2D eigenvalue weighted by atomic mass is 10.1. The zero-order valence-electron chi connectivity index (χ0n) is 18.2. The van der Waals surface area contributed by atoms with Crippen LogP contribution in [0.3, 0.4) is 0 Å². The van der Waals surface area contributed by atoms with E-state index in [1.165, 1.54) is 32.1 Å². The van der Waals surface area contributed by atoms with E-state index in [1.807, 2.05) is 41.5 Å². The molecular formula is C25H28F3N3O. The molecule has 0 fully saturated rings. The van der Waals surface area contributed by atoms with Crippen LogP contribution in [-0.2, 0) is 6.18 Å². The molecule has 32 heavy (non-hydrogen) atoms. The summed E-state index contributed by atoms with van der Waals surface area (Å²) in [5, 5.41) is 5.74. The van der Waals surface area contributed by atoms with Crippen LogP contribution in [0.15, 0.2) is 48.7 Å². The van der Waals surface area contributed by atoms with Crippen molar-refractivity contribution >= 4 is 12.2 Å². The summed E-state index contributed by atoms with van der Waals surface area (Å²) in [7, 11) is 0. The number of ether oxygens (including phenoxy) is 1. The highest BCUT2D eigenvalue weighted by molar-refractivity contribution is 5.71. The molecular weight excluding hydrogens is 415 g/mol. The molecule has 4 nitrogen and oxygen atoms in total. The summed E-state index contributed by atoms with van der Waals surface area (Å²) in [6.07, 6.45) is 8.29. The largest absolute Gasteiger partial charge is 0.494 e. The molecule has 3 aromatic rings. The van der Waals surface area contributed by atoms with Gasteiger partial charge in [0, 0.05) is 6.20 Å². The van der Waals surface area contributed by atoms with E-state index in [2.05, 4.69) is 17.0 Å². The Hall–Kier alpha value is -3.09. The number of halogens is 3. The van der Waals surface area contributed by atoms with Gasteiger partial charge in [0.05, 0.1) is 12.3 Å². The van der Waals surface area contributed by atoms with E-state index in [0.717, 1.165) is 36.0 Å². The quantitative estimate of drug-likeness (QED) is 0.314. The van der Waals surface area contributed by atoms with Crippen LogP contribution in [0.1, 0.15) is 62.3 Å². The number of hydrogen-bond donors (Lipinski definition) is 1. The highest BCUT2D eigenvalue weighted by atomic mass is 19.4. The van der Waals surface area contributed by atoms with Crippen molar-refractivity contribution in [1.29, 1.82) is 0 Å². The fraction of sp³-hybridized carbons (Fsp3) is 0.360. The lowest BCUT2D eigenvalue weighted by Crippen LogP contribution is -2.04. The predicted octanol–water partition coefficient (Wildman–Crippen LogP) is 7.40. The number of benzene rings is 1. The Morgan fingerprint density at radius 2 is 1.59 bits per heavy atom. The van der Waals surface area contributed by atoms with E-state index >= 15 is 0 Å². The molecule has 3 rings (SSSR count). The fourth-order valence-corrected chi connectivity index (χ4v) is 3.23. The van der Waals surface area contributed by atoms with Crippen molar-refractivity contribution in [3.8, 4) is 17.1 Å². The molecule has 0 unspecified atom stereocenters. The van der Waals surface area contributed by atoms with Crippen molar-refractivity contribution in [3.63, 3.8) is 0 Å². The van der Waals surface area contributed by atoms with Crippen LogP contribution in [0.25, 0.3) is 23.5 Å². The van der Waals surface area contributed by atoms with Crippen molar-refractivity contribution in [2.24, 2.45) is 0 Å². The van der Waals surface area contributed by atoms with Gasteiger partial charge in [-0.3, -0.25) is 10.1 Å². The predicted molar refractivity (Wildman–Crippen MR) is 121 cm³/mol. The zero-order valence-corrected chi connectivity index (χ0v) is 18.2. The third-order valence-electron chi connectivity index (χ3n) is 5.04. The van der Waals surface area contributed by atoms with Crippen LogP contribution in [0.5, 0.6) is 5.75 Å². The molecule has 7 heteroatoms. The first kappa shape index (κ1) is 23.6. The molecule has 1 N–H and O–H groups in total. The first-order valence-corrected chi connectivity index (χ1v) is 11.0. The minimum atomic E-state index is -4.47. The molecule has 0 bridgehead atoms. The van der Waals surface area contributed by atoms with E-state index in [0.29, 0.717) is 5.69 Å². The molecule has 2 aromatic heterocycles. The Kier molecular flexibility index (Phi) is 8.48. The van der Waals surface area contributed by atoms with Crippen LogP contribution in [0, 0.1) is 0 Å². The monoisotopic (exact) mass is 443 g/mol. The van der Waals surface area contributed by atoms with E-state index in [1.54, 1.807) is 18.3 Å². The highest BCUT2D eigenvalue weighted by Gasteiger charge is 2.33. The van der Waals surface area contributed by atoms with Crippen LogP contribution >= 0.6 is 0 Å². The molecule has 0 saturated heterocycles. The summed E-state index contributed by atoms with van der Waals surface area (Å²) in [6.45, 7) is 2.94. The molecule has 2 heterocycles. The van der Waals surface area contributed by atoms with Crippen LogP contribution in [0.2, 0.25) is 0 Å². The molecule has 0 spiro atoms. The molecule has 0 aliphatic carbocycles. The number of hydrogen-bond acceptors (Lipinski definition) is 3. The Labute approximate surface area is 186 Å². The van der Waals surface area contributed by atoms with Crippen LogP contribution < -0.4 is 4.74 Å². The van der Waals surface area contributed by atoms with Crippen molar-refractivity contribution in [1.82, 2.24) is 15.2 Å². The van der Waals surface area contributed by atoms with E-state index in [4.69, 9.17) is 4.74 Å². The summed E-state index contributed by atoms with van der Waals surface area (Å²) in [5.74, 6) is 0.848. The van der Waals surface area contributed by atoms with Gasteiger partial charge in [-0.2, -0.15) is 18.3 Å². The summed E-state index contributed by atoms with van der Waals surface area (Å²) in [4.78, 5) is 4.13. The van der Waals surface area contributed by atoms with Crippen molar-refractivity contribution in [2.45, 2.75) is 51.6 Å². The first-order valence-electron chi connectivity index (χ1n) is 11.0. The number of aromatic amines is 1. The van der Waals surface area contributed by atoms with Crippen molar-refractivity contribution < 1.29 is 17.9 Å². The van der Waals surface area contributed by atoms with Gasteiger partial charge >= 0.3 is 6.18 Å². The van der Waals surface area contributed by atoms with Gasteiger partial charge in [-0.1, -0.05) is 63.3 Å². The summed E-state index contributed by atoms with van der Waals surface area (Å²) >= 11 is 0. The second-order valence-corrected chi connectivity index (χ2v) is 7.66. The Morgan fingerprint density at radius 3 is 2.31 bits per heavy atom. The van der Waals surface area contributed by atoms with Gasteiger partial charge < -0.3 is 4.74 Å². The van der Waals surface area contributed by atoms with Gasteiger partial charge in [0.15, 0.2) is 0 Å². The normalized spacial score (nSPS) is 11.9. The Balaban J connectivity index is 1.53. The second-order valence-electron chi connectivity index (χ2n) is 7.66. The van der Waals surface area contributed by atoms with E-state index in [9.17, 15) is 13.2 Å². The number of alkyl halides is 3. The molecule has 0 radical (unpaired) electrons. The number of rotatable bonds is 11. The van der Waals surface area contributed by atoms with Gasteiger partial charge in [0.25, 0.3) is 0 Å². The highest BCUT2D eigenvalue weighted by Crippen LogP contribution is 2.30. The molecule has 0 amide bonds. The van der Waals surface area contributed by atoms with Crippen molar-refractivity contribution in [2.75, 3.05) is 6.61 Å². The number of H-pyrrole nitrogens is 1. The molecule has 170 valence electrons. The van der Waals surface area contributed by atoms with E-state index in [-0.39, 0.29) is 5.69 Å². The zero-order chi connectivity index (χ0) is 22.8. The maximum Gasteiger partial charge on any atom is 0.432 e. The number of unbranched alkanes of at least 4 members (excludes halogenated alkanes) is 5. The summed E-state index contributed by atoms with van der Waals surface area (Å²) in [5.41, 5.74) is 1.44. The van der Waals surface area contributed by atoms with Crippen LogP contribution in [-0.4, -0.2) is 21.8 Å². The van der Waals surface area contributed by atoms with Gasteiger partial charge in [0.2, 0.25) is 0 Å². The minimum Gasteiger partial charge on any atom is -0.494 e. The average molecular weight is 444 g/mol. The van der Waals surface area contributed by atoms with Crippen molar-refractivity contribution in [3.05, 3.63) is 65.5 Å². The Bertz CT molecular complexity index is 994. The average Bonchev–Trinajstić information content (AvgIpc) is 3.29. The van der Waals surface area contributed by atoms with Gasteiger partial charge in [-0.15, -0.1) is 0 Å². The lowest BCUT2D eigenvalue weighted by molar-refractivity contribution is -0.141. The molecule has 1 aromatic carbocycles. The number of nitrogens with zero attached hydrogens (tertiary/aromatic N) is 2. The number of aromatic nitrogens is 3. The van der Waals surface area contributed by atoms with E-state index < -0.39 is 11.9 Å². The minimum absolute atomic E-state index is 0.152. The number of nitrogens with one attached hydrogen (secondary N) is 1.